The average molecular weight is 465 g/mol. The number of methoxy groups -OCH3 is 1. The molecule has 34 heavy (non-hydrogen) atoms. The van der Waals surface area contributed by atoms with E-state index in [0.29, 0.717) is 30.4 Å². The normalized spacial score (nSPS) is 17.3. The molecule has 2 fully saturated rings. The van der Waals surface area contributed by atoms with Crippen molar-refractivity contribution in [3.63, 3.8) is 0 Å². The Morgan fingerprint density at radius 3 is 2.68 bits per heavy atom. The monoisotopic (exact) mass is 464 g/mol. The lowest BCUT2D eigenvalue weighted by Crippen LogP contribution is -2.48. The SMILES string of the molecule is COc1cc(C(=O)N2CCN(Cc3cccc(-c4noc(C5CCCC5)n4)c3)CC2)ccc1F. The summed E-state index contributed by atoms with van der Waals surface area (Å²) >= 11 is 0. The zero-order valence-corrected chi connectivity index (χ0v) is 19.4. The summed E-state index contributed by atoms with van der Waals surface area (Å²) < 4.78 is 24.2. The van der Waals surface area contributed by atoms with Crippen LogP contribution in [-0.2, 0) is 6.54 Å². The number of rotatable bonds is 6. The van der Waals surface area contributed by atoms with Crippen LogP contribution in [0.2, 0.25) is 0 Å². The topological polar surface area (TPSA) is 71.7 Å². The molecule has 2 heterocycles. The molecule has 3 aromatic rings. The van der Waals surface area contributed by atoms with E-state index in [4.69, 9.17) is 9.26 Å². The number of benzene rings is 2. The van der Waals surface area contributed by atoms with Crippen LogP contribution in [0, 0.1) is 5.82 Å². The van der Waals surface area contributed by atoms with Gasteiger partial charge in [-0.25, -0.2) is 4.39 Å². The van der Waals surface area contributed by atoms with E-state index in [-0.39, 0.29) is 11.7 Å². The molecule has 8 heteroatoms. The number of halogens is 1. The fraction of sp³-hybridized carbons (Fsp3) is 0.423. The lowest BCUT2D eigenvalue weighted by atomic mass is 10.1. The number of ether oxygens (including phenoxy) is 1. The van der Waals surface area contributed by atoms with Crippen LogP contribution in [0.4, 0.5) is 4.39 Å². The van der Waals surface area contributed by atoms with Crippen LogP contribution < -0.4 is 4.74 Å². The third-order valence-electron chi connectivity index (χ3n) is 6.80. The summed E-state index contributed by atoms with van der Waals surface area (Å²) in [7, 11) is 1.40. The average Bonchev–Trinajstić information content (AvgIpc) is 3.57. The summed E-state index contributed by atoms with van der Waals surface area (Å²) in [5, 5.41) is 4.22. The maximum Gasteiger partial charge on any atom is 0.254 e. The predicted molar refractivity (Wildman–Crippen MR) is 125 cm³/mol. The molecule has 2 aromatic carbocycles. The Morgan fingerprint density at radius 1 is 1.12 bits per heavy atom. The summed E-state index contributed by atoms with van der Waals surface area (Å²) in [5.74, 6) is 1.32. The van der Waals surface area contributed by atoms with Gasteiger partial charge < -0.3 is 14.2 Å². The minimum absolute atomic E-state index is 0.0846. The Hall–Kier alpha value is -3.26. The van der Waals surface area contributed by atoms with Crippen molar-refractivity contribution in [2.75, 3.05) is 33.3 Å². The standard InChI is InChI=1S/C26H29FN4O3/c1-33-23-16-21(9-10-22(23)27)26(32)31-13-11-30(12-14-31)17-18-5-4-8-20(15-18)24-28-25(34-29-24)19-6-2-3-7-19/h4-5,8-10,15-16,19H,2-3,6-7,11-14,17H2,1H3. The number of carbonyl (C=O) groups is 1. The van der Waals surface area contributed by atoms with Crippen molar-refractivity contribution in [2.45, 2.75) is 38.1 Å². The van der Waals surface area contributed by atoms with Gasteiger partial charge in [0, 0.05) is 49.8 Å². The van der Waals surface area contributed by atoms with Crippen molar-refractivity contribution in [1.29, 1.82) is 0 Å². The van der Waals surface area contributed by atoms with Gasteiger partial charge in [0.1, 0.15) is 0 Å². The number of nitrogens with zero attached hydrogens (tertiary/aromatic N) is 4. The van der Waals surface area contributed by atoms with Gasteiger partial charge in [0.05, 0.1) is 7.11 Å². The van der Waals surface area contributed by atoms with E-state index in [2.05, 4.69) is 27.2 Å². The zero-order chi connectivity index (χ0) is 23.5. The largest absolute Gasteiger partial charge is 0.494 e. The Morgan fingerprint density at radius 2 is 1.91 bits per heavy atom. The third-order valence-corrected chi connectivity index (χ3v) is 6.80. The Kier molecular flexibility index (Phi) is 6.58. The van der Waals surface area contributed by atoms with Gasteiger partial charge >= 0.3 is 0 Å². The molecule has 2 aliphatic rings. The van der Waals surface area contributed by atoms with Gasteiger partial charge in [0.2, 0.25) is 11.7 Å². The molecule has 0 unspecified atom stereocenters. The zero-order valence-electron chi connectivity index (χ0n) is 19.4. The van der Waals surface area contributed by atoms with Gasteiger partial charge in [-0.1, -0.05) is 36.2 Å². The van der Waals surface area contributed by atoms with Crippen LogP contribution in [0.15, 0.2) is 47.0 Å². The summed E-state index contributed by atoms with van der Waals surface area (Å²) in [6, 6.07) is 12.5. The molecule has 0 bridgehead atoms. The molecular weight excluding hydrogens is 435 g/mol. The molecule has 0 radical (unpaired) electrons. The van der Waals surface area contributed by atoms with E-state index in [1.165, 1.54) is 43.7 Å². The van der Waals surface area contributed by atoms with E-state index >= 15 is 0 Å². The molecule has 1 aliphatic carbocycles. The van der Waals surface area contributed by atoms with Crippen molar-refractivity contribution in [1.82, 2.24) is 19.9 Å². The number of piperazine rings is 1. The maximum atomic E-state index is 13.7. The van der Waals surface area contributed by atoms with Gasteiger partial charge in [-0.2, -0.15) is 4.98 Å². The lowest BCUT2D eigenvalue weighted by Gasteiger charge is -2.35. The smallest absolute Gasteiger partial charge is 0.254 e. The van der Waals surface area contributed by atoms with Crippen molar-refractivity contribution < 1.29 is 18.4 Å². The van der Waals surface area contributed by atoms with E-state index in [9.17, 15) is 9.18 Å². The number of carbonyl (C=O) groups excluding carboxylic acids is 1. The molecule has 178 valence electrons. The van der Waals surface area contributed by atoms with Crippen LogP contribution >= 0.6 is 0 Å². The third kappa shape index (κ3) is 4.82. The van der Waals surface area contributed by atoms with Crippen molar-refractivity contribution in [3.05, 3.63) is 65.3 Å². The Balaban J connectivity index is 1.19. The molecule has 1 aromatic heterocycles. The first kappa shape index (κ1) is 22.5. The highest BCUT2D eigenvalue weighted by molar-refractivity contribution is 5.94. The van der Waals surface area contributed by atoms with Crippen LogP contribution in [0.1, 0.15) is 53.4 Å². The van der Waals surface area contributed by atoms with E-state index in [1.807, 2.05) is 17.0 Å². The first-order valence-corrected chi connectivity index (χ1v) is 11.9. The number of hydrogen-bond donors (Lipinski definition) is 0. The van der Waals surface area contributed by atoms with Crippen LogP contribution in [0.5, 0.6) is 5.75 Å². The van der Waals surface area contributed by atoms with Crippen LogP contribution in [-0.4, -0.2) is 59.1 Å². The molecule has 1 saturated carbocycles. The van der Waals surface area contributed by atoms with Gasteiger partial charge in [0.15, 0.2) is 11.6 Å². The molecular formula is C26H29FN4O3. The number of amides is 1. The lowest BCUT2D eigenvalue weighted by molar-refractivity contribution is 0.0628. The highest BCUT2D eigenvalue weighted by Gasteiger charge is 2.25. The minimum atomic E-state index is -0.471. The first-order chi connectivity index (χ1) is 16.6. The Labute approximate surface area is 198 Å². The van der Waals surface area contributed by atoms with Gasteiger partial charge in [0.25, 0.3) is 5.91 Å². The highest BCUT2D eigenvalue weighted by atomic mass is 19.1. The fourth-order valence-corrected chi connectivity index (χ4v) is 4.84. The number of aromatic nitrogens is 2. The van der Waals surface area contributed by atoms with Gasteiger partial charge in [-0.05, 0) is 42.7 Å². The second-order valence-electron chi connectivity index (χ2n) is 9.06. The molecule has 0 atom stereocenters. The summed E-state index contributed by atoms with van der Waals surface area (Å²) in [6.45, 7) is 3.56. The summed E-state index contributed by atoms with van der Waals surface area (Å²) in [6.07, 6.45) is 4.72. The number of hydrogen-bond acceptors (Lipinski definition) is 6. The maximum absolute atomic E-state index is 13.7. The Bertz CT molecular complexity index is 1150. The second kappa shape index (κ2) is 9.93. The molecule has 7 nitrogen and oxygen atoms in total. The minimum Gasteiger partial charge on any atom is -0.494 e. The van der Waals surface area contributed by atoms with Crippen molar-refractivity contribution in [2.24, 2.45) is 0 Å². The van der Waals surface area contributed by atoms with Gasteiger partial charge in [-0.15, -0.1) is 0 Å². The van der Waals surface area contributed by atoms with Crippen molar-refractivity contribution in [3.8, 4) is 17.1 Å². The molecule has 1 amide bonds. The first-order valence-electron chi connectivity index (χ1n) is 11.9. The van der Waals surface area contributed by atoms with Gasteiger partial charge in [-0.3, -0.25) is 9.69 Å². The molecule has 0 N–H and O–H groups in total. The molecule has 5 rings (SSSR count). The van der Waals surface area contributed by atoms with Crippen LogP contribution in [0.3, 0.4) is 0 Å². The van der Waals surface area contributed by atoms with Crippen LogP contribution in [0.25, 0.3) is 11.4 Å². The quantitative estimate of drug-likeness (QED) is 0.535. The fourth-order valence-electron chi connectivity index (χ4n) is 4.84. The highest BCUT2D eigenvalue weighted by Crippen LogP contribution is 2.34. The predicted octanol–water partition coefficient (Wildman–Crippen LogP) is 4.50. The van der Waals surface area contributed by atoms with E-state index in [1.54, 1.807) is 0 Å². The van der Waals surface area contributed by atoms with E-state index in [0.717, 1.165) is 43.9 Å². The summed E-state index contributed by atoms with van der Waals surface area (Å²) in [5.41, 5.74) is 2.58. The van der Waals surface area contributed by atoms with Crippen molar-refractivity contribution >= 4 is 5.91 Å². The summed E-state index contributed by atoms with van der Waals surface area (Å²) in [4.78, 5) is 21.6. The second-order valence-corrected chi connectivity index (χ2v) is 9.06. The van der Waals surface area contributed by atoms with E-state index < -0.39 is 5.82 Å². The molecule has 0 spiro atoms. The molecule has 1 aliphatic heterocycles. The molecule has 1 saturated heterocycles.